The molecule has 0 bridgehead atoms. The Balaban J connectivity index is 2.80. The largest absolute Gasteiger partial charge is 0.481 e. The Morgan fingerprint density at radius 3 is 2.71 bits per heavy atom. The number of hydrogen-bond acceptors (Lipinski definition) is 3. The average molecular weight is 236 g/mol. The third-order valence-corrected chi connectivity index (χ3v) is 2.85. The summed E-state index contributed by atoms with van der Waals surface area (Å²) in [4.78, 5) is 4.27. The third kappa shape index (κ3) is 4.35. The predicted molar refractivity (Wildman–Crippen MR) is 71.3 cm³/mol. The van der Waals surface area contributed by atoms with Crippen molar-refractivity contribution in [3.63, 3.8) is 0 Å². The Hall–Kier alpha value is -1.09. The van der Waals surface area contributed by atoms with E-state index in [0.29, 0.717) is 6.04 Å². The van der Waals surface area contributed by atoms with Gasteiger partial charge in [0.25, 0.3) is 0 Å². The Morgan fingerprint density at radius 1 is 1.35 bits per heavy atom. The lowest BCUT2D eigenvalue weighted by atomic mass is 9.98. The molecule has 3 nitrogen and oxygen atoms in total. The van der Waals surface area contributed by atoms with Crippen molar-refractivity contribution in [2.45, 2.75) is 39.7 Å². The number of nitrogens with one attached hydrogen (secondary N) is 1. The molecule has 0 spiro atoms. The molecular formula is C14H24N2O. The summed E-state index contributed by atoms with van der Waals surface area (Å²) in [6, 6.07) is 4.41. The molecule has 0 radical (unpaired) electrons. The summed E-state index contributed by atoms with van der Waals surface area (Å²) in [7, 11) is 1.68. The summed E-state index contributed by atoms with van der Waals surface area (Å²) in [5.41, 5.74) is 1.16. The number of ether oxygens (including phenoxy) is 1. The lowest BCUT2D eigenvalue weighted by molar-refractivity contribution is 0.374. The summed E-state index contributed by atoms with van der Waals surface area (Å²) in [5.74, 6) is 1.46. The Labute approximate surface area is 105 Å². The maximum absolute atomic E-state index is 5.33. The predicted octanol–water partition coefficient (Wildman–Crippen LogP) is 3.18. The molecule has 1 atom stereocenters. The molecule has 1 N–H and O–H groups in total. The lowest BCUT2D eigenvalue weighted by Gasteiger charge is -2.20. The quantitative estimate of drug-likeness (QED) is 0.789. The van der Waals surface area contributed by atoms with Gasteiger partial charge in [0.05, 0.1) is 7.11 Å². The molecule has 1 rings (SSSR count). The highest BCUT2D eigenvalue weighted by Gasteiger charge is 2.15. The summed E-state index contributed by atoms with van der Waals surface area (Å²) < 4.78 is 5.33. The first-order valence-electron chi connectivity index (χ1n) is 6.41. The first-order valence-corrected chi connectivity index (χ1v) is 6.41. The SMILES string of the molecule is CCNC(CCC(C)C)c1cccnc1OC. The van der Waals surface area contributed by atoms with Crippen molar-refractivity contribution in [2.75, 3.05) is 13.7 Å². The standard InChI is InChI=1S/C14H24N2O/c1-5-15-13(9-8-11(2)3)12-7-6-10-16-14(12)17-4/h6-7,10-11,13,15H,5,8-9H2,1-4H3. The fraction of sp³-hybridized carbons (Fsp3) is 0.643. The van der Waals surface area contributed by atoms with Gasteiger partial charge >= 0.3 is 0 Å². The number of methoxy groups -OCH3 is 1. The monoisotopic (exact) mass is 236 g/mol. The van der Waals surface area contributed by atoms with E-state index in [1.165, 1.54) is 6.42 Å². The topological polar surface area (TPSA) is 34.2 Å². The van der Waals surface area contributed by atoms with Crippen LogP contribution in [0, 0.1) is 5.92 Å². The van der Waals surface area contributed by atoms with E-state index < -0.39 is 0 Å². The highest BCUT2D eigenvalue weighted by atomic mass is 16.5. The van der Waals surface area contributed by atoms with E-state index in [1.54, 1.807) is 13.3 Å². The molecule has 0 saturated carbocycles. The van der Waals surface area contributed by atoms with Crippen LogP contribution in [0.4, 0.5) is 0 Å². The number of nitrogens with zero attached hydrogens (tertiary/aromatic N) is 1. The first kappa shape index (κ1) is 14.0. The maximum atomic E-state index is 5.33. The van der Waals surface area contributed by atoms with Gasteiger partial charge in [-0.15, -0.1) is 0 Å². The Bertz CT molecular complexity index is 326. The van der Waals surface area contributed by atoms with Gasteiger partial charge in [-0.05, 0) is 31.4 Å². The summed E-state index contributed by atoms with van der Waals surface area (Å²) in [6.07, 6.45) is 4.09. The van der Waals surface area contributed by atoms with Crippen LogP contribution in [0.5, 0.6) is 5.88 Å². The van der Waals surface area contributed by atoms with Crippen LogP contribution >= 0.6 is 0 Å². The zero-order valence-electron chi connectivity index (χ0n) is 11.4. The van der Waals surface area contributed by atoms with Crippen molar-refractivity contribution in [1.82, 2.24) is 10.3 Å². The van der Waals surface area contributed by atoms with Gasteiger partial charge in [0.15, 0.2) is 0 Å². The van der Waals surface area contributed by atoms with Crippen molar-refractivity contribution in [3.8, 4) is 5.88 Å². The molecule has 0 fully saturated rings. The minimum Gasteiger partial charge on any atom is -0.481 e. The van der Waals surface area contributed by atoms with Crippen molar-refractivity contribution in [1.29, 1.82) is 0 Å². The number of aromatic nitrogens is 1. The molecule has 1 heterocycles. The van der Waals surface area contributed by atoms with Gasteiger partial charge in [-0.2, -0.15) is 0 Å². The molecule has 0 aromatic carbocycles. The van der Waals surface area contributed by atoms with Gasteiger partial charge in [-0.25, -0.2) is 4.98 Å². The third-order valence-electron chi connectivity index (χ3n) is 2.85. The molecule has 0 saturated heterocycles. The molecule has 17 heavy (non-hydrogen) atoms. The van der Waals surface area contributed by atoms with Crippen molar-refractivity contribution in [3.05, 3.63) is 23.9 Å². The first-order chi connectivity index (χ1) is 8.19. The molecule has 1 unspecified atom stereocenters. The van der Waals surface area contributed by atoms with Crippen LogP contribution in [0.1, 0.15) is 45.2 Å². The van der Waals surface area contributed by atoms with E-state index in [9.17, 15) is 0 Å². The fourth-order valence-electron chi connectivity index (χ4n) is 1.95. The zero-order valence-corrected chi connectivity index (χ0v) is 11.4. The fourth-order valence-corrected chi connectivity index (χ4v) is 1.95. The van der Waals surface area contributed by atoms with E-state index in [2.05, 4.69) is 37.1 Å². The van der Waals surface area contributed by atoms with Crippen LogP contribution in [-0.2, 0) is 0 Å². The number of pyridine rings is 1. The van der Waals surface area contributed by atoms with Gasteiger partial charge in [0, 0.05) is 17.8 Å². The second-order valence-corrected chi connectivity index (χ2v) is 4.68. The highest BCUT2D eigenvalue weighted by molar-refractivity contribution is 5.28. The van der Waals surface area contributed by atoms with Crippen LogP contribution in [-0.4, -0.2) is 18.6 Å². The van der Waals surface area contributed by atoms with Crippen LogP contribution in [0.15, 0.2) is 18.3 Å². The summed E-state index contributed by atoms with van der Waals surface area (Å²) >= 11 is 0. The summed E-state index contributed by atoms with van der Waals surface area (Å²) in [6.45, 7) is 7.60. The van der Waals surface area contributed by atoms with Crippen molar-refractivity contribution in [2.24, 2.45) is 5.92 Å². The zero-order chi connectivity index (χ0) is 12.7. The second-order valence-electron chi connectivity index (χ2n) is 4.68. The average Bonchev–Trinajstić information content (AvgIpc) is 2.34. The molecule has 1 aromatic rings. The van der Waals surface area contributed by atoms with E-state index >= 15 is 0 Å². The van der Waals surface area contributed by atoms with Crippen LogP contribution in [0.25, 0.3) is 0 Å². The lowest BCUT2D eigenvalue weighted by Crippen LogP contribution is -2.22. The van der Waals surface area contributed by atoms with Crippen LogP contribution in [0.2, 0.25) is 0 Å². The van der Waals surface area contributed by atoms with Crippen molar-refractivity contribution >= 4 is 0 Å². The van der Waals surface area contributed by atoms with Crippen LogP contribution < -0.4 is 10.1 Å². The molecule has 96 valence electrons. The van der Waals surface area contributed by atoms with Crippen molar-refractivity contribution < 1.29 is 4.74 Å². The van der Waals surface area contributed by atoms with Gasteiger partial charge < -0.3 is 10.1 Å². The highest BCUT2D eigenvalue weighted by Crippen LogP contribution is 2.27. The van der Waals surface area contributed by atoms with E-state index in [0.717, 1.165) is 30.3 Å². The minimum absolute atomic E-state index is 0.339. The molecular weight excluding hydrogens is 212 g/mol. The molecule has 0 aliphatic rings. The second kappa shape index (κ2) is 7.28. The van der Waals surface area contributed by atoms with E-state index in [-0.39, 0.29) is 0 Å². The van der Waals surface area contributed by atoms with E-state index in [4.69, 9.17) is 4.74 Å². The maximum Gasteiger partial charge on any atom is 0.217 e. The molecule has 0 aliphatic carbocycles. The molecule has 3 heteroatoms. The van der Waals surface area contributed by atoms with E-state index in [1.807, 2.05) is 6.07 Å². The number of hydrogen-bond donors (Lipinski definition) is 1. The minimum atomic E-state index is 0.339. The van der Waals surface area contributed by atoms with Crippen LogP contribution in [0.3, 0.4) is 0 Å². The number of rotatable bonds is 7. The normalized spacial score (nSPS) is 12.8. The smallest absolute Gasteiger partial charge is 0.217 e. The summed E-state index contributed by atoms with van der Waals surface area (Å²) in [5, 5.41) is 3.51. The Morgan fingerprint density at radius 2 is 2.12 bits per heavy atom. The van der Waals surface area contributed by atoms with Gasteiger partial charge in [0.2, 0.25) is 5.88 Å². The molecule has 0 amide bonds. The molecule has 0 aliphatic heterocycles. The Kier molecular flexibility index (Phi) is 5.98. The van der Waals surface area contributed by atoms with Gasteiger partial charge in [0.1, 0.15) is 0 Å². The molecule has 1 aromatic heterocycles. The van der Waals surface area contributed by atoms with Gasteiger partial charge in [-0.3, -0.25) is 0 Å². The van der Waals surface area contributed by atoms with Gasteiger partial charge in [-0.1, -0.05) is 26.8 Å².